The quantitative estimate of drug-likeness (QED) is 0.335. The summed E-state index contributed by atoms with van der Waals surface area (Å²) in [5.41, 5.74) is 4.93. The first-order valence-corrected chi connectivity index (χ1v) is 27.1. The van der Waals surface area contributed by atoms with Crippen LogP contribution < -0.4 is 5.63 Å². The second-order valence-electron chi connectivity index (χ2n) is 12.0. The number of halogens is 2. The predicted molar refractivity (Wildman–Crippen MR) is 136 cm³/mol. The molecular formula is C28H34F2O2SiZr. The van der Waals surface area contributed by atoms with E-state index in [1.54, 1.807) is 24.3 Å². The van der Waals surface area contributed by atoms with Crippen molar-refractivity contribution in [2.75, 3.05) is 0 Å². The minimum absolute atomic E-state index is 0.324. The summed E-state index contributed by atoms with van der Waals surface area (Å²) in [5, 5.41) is 0. The second kappa shape index (κ2) is 7.01. The van der Waals surface area contributed by atoms with Gasteiger partial charge >= 0.3 is 199 Å². The third-order valence-corrected chi connectivity index (χ3v) is 35.0. The summed E-state index contributed by atoms with van der Waals surface area (Å²) in [6, 6.07) is 12.3. The minimum atomic E-state index is -6.16. The number of hydrogen-bond acceptors (Lipinski definition) is 2. The summed E-state index contributed by atoms with van der Waals surface area (Å²) in [5.74, 6) is 0.457. The van der Waals surface area contributed by atoms with Gasteiger partial charge in [0.05, 0.1) is 0 Å². The van der Waals surface area contributed by atoms with E-state index in [4.69, 9.17) is 5.63 Å². The molecule has 2 aliphatic rings. The fraction of sp³-hybridized carbons (Fsp3) is 0.286. The summed E-state index contributed by atoms with van der Waals surface area (Å²) in [7, 11) is 0. The van der Waals surface area contributed by atoms with Gasteiger partial charge in [0.25, 0.3) is 0 Å². The van der Waals surface area contributed by atoms with Crippen LogP contribution in [-0.4, -0.2) is 6.88 Å². The van der Waals surface area contributed by atoms with Gasteiger partial charge in [-0.1, -0.05) is 0 Å². The molecule has 0 radical (unpaired) electrons. The number of allylic oxidation sites excluding steroid dienone is 8. The molecule has 0 fully saturated rings. The molecule has 0 aromatic heterocycles. The zero-order valence-electron chi connectivity index (χ0n) is 21.0. The van der Waals surface area contributed by atoms with Crippen LogP contribution in [0.4, 0.5) is 8.78 Å². The van der Waals surface area contributed by atoms with Crippen LogP contribution in [0.25, 0.3) is 0 Å². The van der Waals surface area contributed by atoms with Crippen LogP contribution >= 0.6 is 0 Å². The zero-order valence-corrected chi connectivity index (χ0v) is 24.8. The average Bonchev–Trinajstić information content (AvgIpc) is 3.29. The summed E-state index contributed by atoms with van der Waals surface area (Å²) in [6.07, 6.45) is 5.89. The van der Waals surface area contributed by atoms with Gasteiger partial charge in [-0.25, -0.2) is 0 Å². The summed E-state index contributed by atoms with van der Waals surface area (Å²) >= 11 is -6.16. The van der Waals surface area contributed by atoms with Crippen LogP contribution in [0.5, 0.6) is 11.5 Å². The Labute approximate surface area is 198 Å². The Morgan fingerprint density at radius 1 is 0.647 bits per heavy atom. The maximum absolute atomic E-state index is 13.9. The third-order valence-electron chi connectivity index (χ3n) is 8.33. The van der Waals surface area contributed by atoms with Crippen molar-refractivity contribution in [3.8, 4) is 11.5 Å². The van der Waals surface area contributed by atoms with Gasteiger partial charge in [-0.15, -0.1) is 0 Å². The van der Waals surface area contributed by atoms with E-state index in [1.807, 2.05) is 6.88 Å². The van der Waals surface area contributed by atoms with E-state index >= 15 is 0 Å². The normalized spacial score (nSPS) is 19.7. The third kappa shape index (κ3) is 3.74. The van der Waals surface area contributed by atoms with Crippen LogP contribution in [0.3, 0.4) is 0 Å². The Hall–Kier alpha value is -2.04. The van der Waals surface area contributed by atoms with Gasteiger partial charge in [0.15, 0.2) is 0 Å². The van der Waals surface area contributed by atoms with Crippen molar-refractivity contribution in [3.63, 3.8) is 0 Å². The Balaban J connectivity index is 2.10. The van der Waals surface area contributed by atoms with E-state index in [2.05, 4.69) is 49.1 Å². The van der Waals surface area contributed by atoms with Crippen molar-refractivity contribution in [3.05, 3.63) is 101 Å². The molecule has 34 heavy (non-hydrogen) atoms. The van der Waals surface area contributed by atoms with Crippen LogP contribution in [0.2, 0.25) is 9.26 Å². The van der Waals surface area contributed by atoms with Crippen molar-refractivity contribution in [2.45, 2.75) is 49.8 Å². The fourth-order valence-corrected chi connectivity index (χ4v) is 26.7. The van der Waals surface area contributed by atoms with E-state index in [1.165, 1.54) is 46.6 Å². The Bertz CT molecular complexity index is 1360. The molecule has 2 nitrogen and oxygen atoms in total. The molecule has 180 valence electrons. The first-order valence-electron chi connectivity index (χ1n) is 11.8. The van der Waals surface area contributed by atoms with Crippen molar-refractivity contribution in [2.24, 2.45) is 0 Å². The summed E-state index contributed by atoms with van der Waals surface area (Å²) in [6.45, 7) is 10.3. The van der Waals surface area contributed by atoms with Gasteiger partial charge in [0.1, 0.15) is 0 Å². The van der Waals surface area contributed by atoms with Gasteiger partial charge < -0.3 is 0 Å². The number of benzene rings is 2. The van der Waals surface area contributed by atoms with Crippen LogP contribution in [0.15, 0.2) is 89.5 Å². The molecule has 6 heteroatoms. The monoisotopic (exact) mass is 558 g/mol. The van der Waals surface area contributed by atoms with E-state index < -0.39 is 15.3 Å². The topological polar surface area (TPSA) is 18.5 Å². The molecule has 0 heterocycles. The summed E-state index contributed by atoms with van der Waals surface area (Å²) in [4.78, 5) is 0. The Morgan fingerprint density at radius 3 is 1.24 bits per heavy atom. The number of hydrogen-bond donors (Lipinski definition) is 0. The molecule has 0 amide bonds. The molecule has 0 aliphatic heterocycles. The average molecular weight is 560 g/mol. The standard InChI is InChI=1S/2C7H9.2C6H5FO.2CH3.H2Si.Zr/c2*1-6-4-3-5-7(6)2;2*7-5-1-3-6(8)4-2-5;;;;/h2*4H,5H2,1-2H3;2*1-4,8H;2*1H3;1H2;/q;;;;;;;+2/p-2. The van der Waals surface area contributed by atoms with Gasteiger partial charge in [-0.2, -0.15) is 0 Å². The zero-order chi connectivity index (χ0) is 25.1. The fourth-order valence-electron chi connectivity index (χ4n) is 5.48. The van der Waals surface area contributed by atoms with Crippen molar-refractivity contribution >= 4 is 6.88 Å². The van der Waals surface area contributed by atoms with Crippen molar-refractivity contribution in [1.82, 2.24) is 0 Å². The summed E-state index contributed by atoms with van der Waals surface area (Å²) < 4.78 is 49.0. The molecule has 0 saturated carbocycles. The SMILES string of the molecule is CC1=C(C)C[C]([Zr]([CH3])([CH3])(=[SiH2])([O]c2ccc(F)cc2)([O]c2ccc(F)cc2)[C]2=CC(C)=C(C)C2)=C1. The first kappa shape index (κ1) is 25.1. The Kier molecular flexibility index (Phi) is 5.17. The molecular weight excluding hydrogens is 526 g/mol. The van der Waals surface area contributed by atoms with Crippen LogP contribution in [0.1, 0.15) is 40.5 Å². The van der Waals surface area contributed by atoms with E-state index in [0.717, 1.165) is 19.4 Å². The molecule has 0 bridgehead atoms. The molecule has 0 spiro atoms. The number of rotatable bonds is 6. The van der Waals surface area contributed by atoms with Gasteiger partial charge in [-0.3, -0.25) is 0 Å². The van der Waals surface area contributed by atoms with Crippen molar-refractivity contribution < 1.29 is 29.7 Å². The molecule has 0 saturated heterocycles. The second-order valence-corrected chi connectivity index (χ2v) is 53.2. The molecule has 2 aromatic rings. The molecule has 0 unspecified atom stereocenters. The van der Waals surface area contributed by atoms with E-state index in [9.17, 15) is 8.78 Å². The molecule has 4 rings (SSSR count). The predicted octanol–water partition coefficient (Wildman–Crippen LogP) is 7.91. The van der Waals surface area contributed by atoms with Crippen LogP contribution in [0, 0.1) is 11.6 Å². The molecule has 2 aliphatic carbocycles. The van der Waals surface area contributed by atoms with Gasteiger partial charge in [-0.05, 0) is 0 Å². The van der Waals surface area contributed by atoms with E-state index in [0.29, 0.717) is 11.5 Å². The molecule has 0 atom stereocenters. The van der Waals surface area contributed by atoms with E-state index in [-0.39, 0.29) is 11.6 Å². The van der Waals surface area contributed by atoms with Crippen molar-refractivity contribution in [1.29, 1.82) is 0 Å². The maximum atomic E-state index is 13.9. The first-order chi connectivity index (χ1) is 15.6. The van der Waals surface area contributed by atoms with Crippen LogP contribution in [-0.2, 0) is 15.3 Å². The van der Waals surface area contributed by atoms with Gasteiger partial charge in [0, 0.05) is 0 Å². The van der Waals surface area contributed by atoms with Gasteiger partial charge in [0.2, 0.25) is 0 Å². The Morgan fingerprint density at radius 2 is 0.971 bits per heavy atom. The molecule has 0 N–H and O–H groups in total. The molecule has 2 aromatic carbocycles.